The Balaban J connectivity index is 1.60. The Hall–Kier alpha value is -3.86. The van der Waals surface area contributed by atoms with Gasteiger partial charge in [-0.25, -0.2) is 9.59 Å². The van der Waals surface area contributed by atoms with Crippen LogP contribution < -0.4 is 0 Å². The molecule has 0 aliphatic rings. The number of nitrogens with zero attached hydrogens (tertiary/aromatic N) is 2. The van der Waals surface area contributed by atoms with Gasteiger partial charge in [0.2, 0.25) is 0 Å². The molecule has 11 heteroatoms. The van der Waals surface area contributed by atoms with Crippen molar-refractivity contribution in [1.29, 1.82) is 0 Å². The number of non-ortho nitro benzene ring substituents is 2. The third kappa shape index (κ3) is 6.66. The van der Waals surface area contributed by atoms with Gasteiger partial charge in [-0.1, -0.05) is 0 Å². The molecule has 0 radical (unpaired) electrons. The molecule has 0 saturated carbocycles. The lowest BCUT2D eigenvalue weighted by atomic mass is 10.2. The summed E-state index contributed by atoms with van der Waals surface area (Å²) in [7, 11) is 0. The van der Waals surface area contributed by atoms with E-state index in [4.69, 9.17) is 14.2 Å². The van der Waals surface area contributed by atoms with Crippen LogP contribution in [0.15, 0.2) is 48.5 Å². The van der Waals surface area contributed by atoms with Crippen LogP contribution in [-0.4, -0.2) is 48.2 Å². The van der Waals surface area contributed by atoms with E-state index in [1.54, 1.807) is 0 Å². The van der Waals surface area contributed by atoms with Gasteiger partial charge < -0.3 is 14.2 Å². The molecule has 0 spiro atoms. The van der Waals surface area contributed by atoms with Crippen LogP contribution in [0.3, 0.4) is 0 Å². The van der Waals surface area contributed by atoms with Gasteiger partial charge in [0, 0.05) is 24.3 Å². The molecule has 0 aromatic heterocycles. The molecule has 0 atom stereocenters. The SMILES string of the molecule is O=C(OCCOCCOC(=O)c1ccc([N+](=O)[O-])cc1)c1ccc([N+](=O)[O-])cc1. The highest BCUT2D eigenvalue weighted by Crippen LogP contribution is 2.13. The van der Waals surface area contributed by atoms with Gasteiger partial charge in [0.05, 0.1) is 34.2 Å². The minimum atomic E-state index is -0.645. The minimum absolute atomic E-state index is 0.0495. The molecule has 29 heavy (non-hydrogen) atoms. The Morgan fingerprint density at radius 3 is 1.31 bits per heavy atom. The van der Waals surface area contributed by atoms with E-state index in [1.807, 2.05) is 0 Å². The molecule has 2 aromatic carbocycles. The summed E-state index contributed by atoms with van der Waals surface area (Å²) in [6, 6.07) is 9.97. The Morgan fingerprint density at radius 2 is 1.00 bits per heavy atom. The first-order valence-electron chi connectivity index (χ1n) is 8.29. The van der Waals surface area contributed by atoms with Gasteiger partial charge in [-0.15, -0.1) is 0 Å². The Bertz CT molecular complexity index is 806. The average Bonchev–Trinajstić information content (AvgIpc) is 2.72. The Labute approximate surface area is 164 Å². The van der Waals surface area contributed by atoms with Crippen LogP contribution in [0.5, 0.6) is 0 Å². The first kappa shape index (κ1) is 21.4. The average molecular weight is 404 g/mol. The zero-order valence-corrected chi connectivity index (χ0v) is 15.0. The molecule has 11 nitrogen and oxygen atoms in total. The number of carbonyl (C=O) groups excluding carboxylic acids is 2. The van der Waals surface area contributed by atoms with Crippen LogP contribution in [0.1, 0.15) is 20.7 Å². The van der Waals surface area contributed by atoms with Crippen molar-refractivity contribution in [3.63, 3.8) is 0 Å². The number of carbonyl (C=O) groups is 2. The summed E-state index contributed by atoms with van der Waals surface area (Å²) in [5, 5.41) is 21.1. The molecule has 2 rings (SSSR count). The van der Waals surface area contributed by atoms with E-state index in [9.17, 15) is 29.8 Å². The van der Waals surface area contributed by atoms with Gasteiger partial charge in [0.15, 0.2) is 0 Å². The fourth-order valence-electron chi connectivity index (χ4n) is 2.09. The number of ether oxygens (including phenoxy) is 3. The molecule has 0 aliphatic heterocycles. The third-order valence-corrected chi connectivity index (χ3v) is 3.55. The van der Waals surface area contributed by atoms with E-state index in [0.29, 0.717) is 0 Å². The molecule has 152 valence electrons. The van der Waals surface area contributed by atoms with Gasteiger partial charge in [-0.2, -0.15) is 0 Å². The number of esters is 2. The summed E-state index contributed by atoms with van der Waals surface area (Å²) in [4.78, 5) is 43.5. The Morgan fingerprint density at radius 1 is 0.655 bits per heavy atom. The zero-order valence-electron chi connectivity index (χ0n) is 15.0. The minimum Gasteiger partial charge on any atom is -0.460 e. The predicted molar refractivity (Wildman–Crippen MR) is 97.6 cm³/mol. The van der Waals surface area contributed by atoms with Crippen LogP contribution in [0.4, 0.5) is 11.4 Å². The number of benzene rings is 2. The zero-order chi connectivity index (χ0) is 21.2. The first-order valence-corrected chi connectivity index (χ1v) is 8.29. The molecular weight excluding hydrogens is 388 g/mol. The first-order chi connectivity index (χ1) is 13.9. The second-order valence-electron chi connectivity index (χ2n) is 5.49. The van der Waals surface area contributed by atoms with Crippen molar-refractivity contribution in [3.05, 3.63) is 79.9 Å². The molecule has 0 N–H and O–H groups in total. The van der Waals surface area contributed by atoms with Crippen molar-refractivity contribution in [2.75, 3.05) is 26.4 Å². The van der Waals surface area contributed by atoms with Gasteiger partial charge >= 0.3 is 11.9 Å². The number of rotatable bonds is 10. The topological polar surface area (TPSA) is 148 Å². The van der Waals surface area contributed by atoms with E-state index in [-0.39, 0.29) is 48.9 Å². The van der Waals surface area contributed by atoms with Crippen molar-refractivity contribution in [3.8, 4) is 0 Å². The molecular formula is C18H16N2O9. The largest absolute Gasteiger partial charge is 0.460 e. The van der Waals surface area contributed by atoms with E-state index < -0.39 is 21.8 Å². The molecule has 0 amide bonds. The smallest absolute Gasteiger partial charge is 0.338 e. The van der Waals surface area contributed by atoms with Gasteiger partial charge in [-0.3, -0.25) is 20.2 Å². The second kappa shape index (κ2) is 10.5. The summed E-state index contributed by atoms with van der Waals surface area (Å²) >= 11 is 0. The van der Waals surface area contributed by atoms with Gasteiger partial charge in [-0.05, 0) is 24.3 Å². The highest BCUT2D eigenvalue weighted by Gasteiger charge is 2.11. The highest BCUT2D eigenvalue weighted by molar-refractivity contribution is 5.90. The normalized spacial score (nSPS) is 10.2. The lowest BCUT2D eigenvalue weighted by Gasteiger charge is -2.07. The number of hydrogen-bond donors (Lipinski definition) is 0. The van der Waals surface area contributed by atoms with E-state index in [0.717, 1.165) is 0 Å². The Kier molecular flexibility index (Phi) is 7.74. The highest BCUT2D eigenvalue weighted by atomic mass is 16.6. The molecule has 0 unspecified atom stereocenters. The molecule has 2 aromatic rings. The maximum Gasteiger partial charge on any atom is 0.338 e. The van der Waals surface area contributed by atoms with Crippen LogP contribution in [-0.2, 0) is 14.2 Å². The number of hydrogen-bond acceptors (Lipinski definition) is 9. The summed E-state index contributed by atoms with van der Waals surface area (Å²) in [6.45, 7) is 0.0276. The predicted octanol–water partition coefficient (Wildman–Crippen LogP) is 2.53. The van der Waals surface area contributed by atoms with Crippen molar-refractivity contribution in [2.45, 2.75) is 0 Å². The fraction of sp³-hybridized carbons (Fsp3) is 0.222. The van der Waals surface area contributed by atoms with Crippen molar-refractivity contribution in [2.24, 2.45) is 0 Å². The van der Waals surface area contributed by atoms with E-state index in [2.05, 4.69) is 0 Å². The van der Waals surface area contributed by atoms with E-state index >= 15 is 0 Å². The van der Waals surface area contributed by atoms with E-state index in [1.165, 1.54) is 48.5 Å². The second-order valence-corrected chi connectivity index (χ2v) is 5.49. The summed E-state index contributed by atoms with van der Waals surface area (Å²) < 4.78 is 15.1. The maximum absolute atomic E-state index is 11.8. The van der Waals surface area contributed by atoms with Crippen LogP contribution in [0.2, 0.25) is 0 Å². The lowest BCUT2D eigenvalue weighted by Crippen LogP contribution is -2.14. The molecule has 0 bridgehead atoms. The molecule has 0 fully saturated rings. The number of nitro groups is 2. The fourth-order valence-corrected chi connectivity index (χ4v) is 2.09. The quantitative estimate of drug-likeness (QED) is 0.252. The molecule has 0 saturated heterocycles. The monoisotopic (exact) mass is 404 g/mol. The van der Waals surface area contributed by atoms with Crippen LogP contribution in [0.25, 0.3) is 0 Å². The summed E-state index contributed by atoms with van der Waals surface area (Å²) in [5.74, 6) is -1.29. The van der Waals surface area contributed by atoms with Gasteiger partial charge in [0.1, 0.15) is 13.2 Å². The summed E-state index contributed by atoms with van der Waals surface area (Å²) in [6.07, 6.45) is 0. The van der Waals surface area contributed by atoms with Crippen molar-refractivity contribution >= 4 is 23.3 Å². The maximum atomic E-state index is 11.8. The van der Waals surface area contributed by atoms with Gasteiger partial charge in [0.25, 0.3) is 11.4 Å². The molecule has 0 heterocycles. The third-order valence-electron chi connectivity index (χ3n) is 3.55. The summed E-state index contributed by atoms with van der Waals surface area (Å²) in [5.41, 5.74) is 0.0848. The number of nitro benzene ring substituents is 2. The molecule has 0 aliphatic carbocycles. The lowest BCUT2D eigenvalue weighted by molar-refractivity contribution is -0.385. The van der Waals surface area contributed by atoms with Crippen molar-refractivity contribution < 1.29 is 33.6 Å². The van der Waals surface area contributed by atoms with Crippen LogP contribution >= 0.6 is 0 Å². The van der Waals surface area contributed by atoms with Crippen molar-refractivity contribution in [1.82, 2.24) is 0 Å². The van der Waals surface area contributed by atoms with Crippen LogP contribution in [0, 0.1) is 20.2 Å². The standard InChI is InChI=1S/C18H16N2O9/c21-17(13-1-5-15(6-2-13)19(23)24)28-11-9-27-10-12-29-18(22)14-3-7-16(8-4-14)20(25)26/h1-8H,9-12H2.